The minimum Gasteiger partial charge on any atom is -0.367 e. The summed E-state index contributed by atoms with van der Waals surface area (Å²) >= 11 is 0. The molecule has 1 unspecified atom stereocenters. The van der Waals surface area contributed by atoms with Gasteiger partial charge in [-0.05, 0) is 37.5 Å². The molecule has 5 nitrogen and oxygen atoms in total. The summed E-state index contributed by atoms with van der Waals surface area (Å²) in [7, 11) is 0. The lowest BCUT2D eigenvalue weighted by Crippen LogP contribution is -2.21. The van der Waals surface area contributed by atoms with E-state index in [1.807, 2.05) is 31.2 Å². The summed E-state index contributed by atoms with van der Waals surface area (Å²) in [5, 5.41) is 4.05. The van der Waals surface area contributed by atoms with Crippen molar-refractivity contribution in [1.29, 1.82) is 0 Å². The molecule has 1 atom stereocenters. The second-order valence-electron chi connectivity index (χ2n) is 5.01. The molecule has 19 heavy (non-hydrogen) atoms. The van der Waals surface area contributed by atoms with Crippen LogP contribution in [-0.2, 0) is 16.9 Å². The smallest absolute Gasteiger partial charge is 0.258 e. The first-order valence-corrected chi connectivity index (χ1v) is 6.49. The molecule has 0 radical (unpaired) electrons. The van der Waals surface area contributed by atoms with Gasteiger partial charge in [0, 0.05) is 18.7 Å². The topological polar surface area (TPSA) is 74.2 Å². The van der Waals surface area contributed by atoms with Gasteiger partial charge in [-0.1, -0.05) is 17.3 Å². The van der Waals surface area contributed by atoms with E-state index in [0.717, 1.165) is 30.6 Å². The number of aromatic nitrogens is 2. The van der Waals surface area contributed by atoms with Gasteiger partial charge < -0.3 is 15.0 Å². The highest BCUT2D eigenvalue weighted by Crippen LogP contribution is 2.34. The van der Waals surface area contributed by atoms with Crippen molar-refractivity contribution in [3.05, 3.63) is 35.7 Å². The second-order valence-corrected chi connectivity index (χ2v) is 5.01. The molecule has 0 bridgehead atoms. The maximum absolute atomic E-state index is 5.71. The molecule has 100 valence electrons. The zero-order valence-electron chi connectivity index (χ0n) is 10.9. The lowest BCUT2D eigenvalue weighted by molar-refractivity contribution is 0.00768. The van der Waals surface area contributed by atoms with Gasteiger partial charge in [0.25, 0.3) is 5.89 Å². The number of hydrogen-bond acceptors (Lipinski definition) is 5. The summed E-state index contributed by atoms with van der Waals surface area (Å²) in [5.41, 5.74) is 7.15. The van der Waals surface area contributed by atoms with Crippen LogP contribution >= 0.6 is 0 Å². The first kappa shape index (κ1) is 12.3. The molecular weight excluding hydrogens is 242 g/mol. The minimum absolute atomic E-state index is 0.404. The summed E-state index contributed by atoms with van der Waals surface area (Å²) in [4.78, 5) is 4.46. The largest absolute Gasteiger partial charge is 0.367 e. The SMILES string of the molecule is CC1(c2noc(-c3ccc(CN)cc3)n2)CCCO1. The van der Waals surface area contributed by atoms with Crippen molar-refractivity contribution in [1.82, 2.24) is 10.1 Å². The van der Waals surface area contributed by atoms with E-state index in [1.54, 1.807) is 0 Å². The Kier molecular flexibility index (Phi) is 3.08. The lowest BCUT2D eigenvalue weighted by Gasteiger charge is -2.17. The molecule has 1 saturated heterocycles. The van der Waals surface area contributed by atoms with Crippen LogP contribution in [0.3, 0.4) is 0 Å². The highest BCUT2D eigenvalue weighted by atomic mass is 16.5. The average molecular weight is 259 g/mol. The van der Waals surface area contributed by atoms with Gasteiger partial charge in [0.15, 0.2) is 0 Å². The molecule has 5 heteroatoms. The van der Waals surface area contributed by atoms with Crippen LogP contribution in [0.5, 0.6) is 0 Å². The van der Waals surface area contributed by atoms with Crippen LogP contribution < -0.4 is 5.73 Å². The third-order valence-corrected chi connectivity index (χ3v) is 3.55. The van der Waals surface area contributed by atoms with Crippen molar-refractivity contribution >= 4 is 0 Å². The van der Waals surface area contributed by atoms with Gasteiger partial charge >= 0.3 is 0 Å². The van der Waals surface area contributed by atoms with Crippen molar-refractivity contribution < 1.29 is 9.26 Å². The third-order valence-electron chi connectivity index (χ3n) is 3.55. The molecular formula is C14H17N3O2. The van der Waals surface area contributed by atoms with Gasteiger partial charge in [-0.2, -0.15) is 4.98 Å². The number of ether oxygens (including phenoxy) is 1. The van der Waals surface area contributed by atoms with E-state index in [0.29, 0.717) is 18.3 Å². The predicted molar refractivity (Wildman–Crippen MR) is 70.2 cm³/mol. The molecule has 0 amide bonds. The van der Waals surface area contributed by atoms with Crippen molar-refractivity contribution in [3.63, 3.8) is 0 Å². The van der Waals surface area contributed by atoms with E-state index >= 15 is 0 Å². The Hall–Kier alpha value is -1.72. The van der Waals surface area contributed by atoms with Gasteiger partial charge in [-0.25, -0.2) is 0 Å². The van der Waals surface area contributed by atoms with Crippen LogP contribution in [0, 0.1) is 0 Å². The Morgan fingerprint density at radius 3 is 2.74 bits per heavy atom. The monoisotopic (exact) mass is 259 g/mol. The van der Waals surface area contributed by atoms with E-state index < -0.39 is 5.60 Å². The Morgan fingerprint density at radius 2 is 2.11 bits per heavy atom. The van der Waals surface area contributed by atoms with Gasteiger partial charge in [0.05, 0.1) is 0 Å². The summed E-state index contributed by atoms with van der Waals surface area (Å²) in [5.74, 6) is 1.15. The molecule has 1 aromatic carbocycles. The number of hydrogen-bond donors (Lipinski definition) is 1. The summed E-state index contributed by atoms with van der Waals surface area (Å²) in [6, 6.07) is 7.81. The summed E-state index contributed by atoms with van der Waals surface area (Å²) in [6.45, 7) is 3.29. The Morgan fingerprint density at radius 1 is 1.32 bits per heavy atom. The van der Waals surface area contributed by atoms with Gasteiger partial charge in [0.1, 0.15) is 5.60 Å². The standard InChI is InChI=1S/C14H17N3O2/c1-14(7-2-8-18-14)13-16-12(19-17-13)11-5-3-10(9-15)4-6-11/h3-6H,2,7-9,15H2,1H3. The number of benzene rings is 1. The Bertz CT molecular complexity index is 556. The molecule has 1 aliphatic heterocycles. The first-order valence-electron chi connectivity index (χ1n) is 6.49. The number of nitrogens with two attached hydrogens (primary N) is 1. The molecule has 2 heterocycles. The summed E-state index contributed by atoms with van der Waals surface area (Å²) in [6.07, 6.45) is 1.96. The van der Waals surface area contributed by atoms with E-state index in [4.69, 9.17) is 15.0 Å². The Balaban J connectivity index is 1.87. The fourth-order valence-corrected chi connectivity index (χ4v) is 2.29. The van der Waals surface area contributed by atoms with Gasteiger partial charge in [-0.15, -0.1) is 0 Å². The van der Waals surface area contributed by atoms with Crippen LogP contribution in [0.1, 0.15) is 31.2 Å². The first-order chi connectivity index (χ1) is 9.21. The lowest BCUT2D eigenvalue weighted by atomic mass is 10.0. The zero-order chi connectivity index (χ0) is 13.3. The minimum atomic E-state index is -0.404. The maximum atomic E-state index is 5.71. The molecule has 2 aromatic rings. The number of nitrogens with zero attached hydrogens (tertiary/aromatic N) is 2. The molecule has 1 fully saturated rings. The van der Waals surface area contributed by atoms with E-state index in [-0.39, 0.29) is 0 Å². The maximum Gasteiger partial charge on any atom is 0.258 e. The Labute approximate surface area is 111 Å². The molecule has 2 N–H and O–H groups in total. The highest BCUT2D eigenvalue weighted by molar-refractivity contribution is 5.53. The average Bonchev–Trinajstić information content (AvgIpc) is 3.08. The highest BCUT2D eigenvalue weighted by Gasteiger charge is 2.36. The summed E-state index contributed by atoms with van der Waals surface area (Å²) < 4.78 is 11.0. The van der Waals surface area contributed by atoms with Crippen LogP contribution in [0.25, 0.3) is 11.5 Å². The fourth-order valence-electron chi connectivity index (χ4n) is 2.29. The molecule has 1 aromatic heterocycles. The van der Waals surface area contributed by atoms with Crippen LogP contribution in [0.15, 0.2) is 28.8 Å². The van der Waals surface area contributed by atoms with E-state index in [2.05, 4.69) is 10.1 Å². The fraction of sp³-hybridized carbons (Fsp3) is 0.429. The van der Waals surface area contributed by atoms with E-state index in [9.17, 15) is 0 Å². The predicted octanol–water partition coefficient (Wildman–Crippen LogP) is 2.22. The zero-order valence-corrected chi connectivity index (χ0v) is 10.9. The van der Waals surface area contributed by atoms with Crippen molar-refractivity contribution in [3.8, 4) is 11.5 Å². The second kappa shape index (κ2) is 4.75. The van der Waals surface area contributed by atoms with Gasteiger partial charge in [-0.3, -0.25) is 0 Å². The van der Waals surface area contributed by atoms with Crippen LogP contribution in [-0.4, -0.2) is 16.7 Å². The van der Waals surface area contributed by atoms with Crippen LogP contribution in [0.2, 0.25) is 0 Å². The normalized spacial score (nSPS) is 22.8. The molecule has 1 aliphatic rings. The van der Waals surface area contributed by atoms with Crippen molar-refractivity contribution in [2.45, 2.75) is 31.9 Å². The third kappa shape index (κ3) is 2.27. The quantitative estimate of drug-likeness (QED) is 0.914. The van der Waals surface area contributed by atoms with Gasteiger partial charge in [0.2, 0.25) is 5.82 Å². The molecule has 3 rings (SSSR count). The molecule has 0 saturated carbocycles. The van der Waals surface area contributed by atoms with Crippen molar-refractivity contribution in [2.24, 2.45) is 5.73 Å². The molecule has 0 spiro atoms. The van der Waals surface area contributed by atoms with Crippen molar-refractivity contribution in [2.75, 3.05) is 6.61 Å². The molecule has 0 aliphatic carbocycles. The van der Waals surface area contributed by atoms with E-state index in [1.165, 1.54) is 0 Å². The van der Waals surface area contributed by atoms with Crippen LogP contribution in [0.4, 0.5) is 0 Å². The number of rotatable bonds is 3.